The third-order valence-corrected chi connectivity index (χ3v) is 6.08. The number of nitrogens with zero attached hydrogens (tertiary/aromatic N) is 4. The number of aromatic nitrogens is 3. The summed E-state index contributed by atoms with van der Waals surface area (Å²) in [4.78, 5) is 14.3. The molecule has 0 spiro atoms. The molecule has 0 atom stereocenters. The van der Waals surface area contributed by atoms with Crippen LogP contribution in [0, 0.1) is 11.7 Å². The zero-order valence-electron chi connectivity index (χ0n) is 19.6. The molecule has 0 aliphatic rings. The fourth-order valence-electron chi connectivity index (χ4n) is 3.24. The van der Waals surface area contributed by atoms with Crippen LogP contribution in [0.5, 0.6) is 5.75 Å². The number of amides is 1. The Bertz CT molecular complexity index is 1040. The Morgan fingerprint density at radius 1 is 1.09 bits per heavy atom. The van der Waals surface area contributed by atoms with Crippen molar-refractivity contribution in [3.63, 3.8) is 0 Å². The lowest BCUT2D eigenvalue weighted by Gasteiger charge is -2.17. The molecule has 0 bridgehead atoms. The van der Waals surface area contributed by atoms with Gasteiger partial charge in [-0.25, -0.2) is 4.39 Å². The lowest BCUT2D eigenvalue weighted by Crippen LogP contribution is -2.28. The number of carbonyl (C=O) groups excluding carboxylic acids is 1. The van der Waals surface area contributed by atoms with E-state index in [1.165, 1.54) is 29.5 Å². The highest BCUT2D eigenvalue weighted by atomic mass is 32.2. The summed E-state index contributed by atoms with van der Waals surface area (Å²) in [5.74, 6) is 1.84. The molecule has 1 heterocycles. The van der Waals surface area contributed by atoms with Crippen molar-refractivity contribution in [2.75, 3.05) is 12.8 Å². The lowest BCUT2D eigenvalue weighted by atomic mass is 10.2. The highest BCUT2D eigenvalue weighted by molar-refractivity contribution is 7.99. The minimum atomic E-state index is -0.287. The quantitative estimate of drug-likeness (QED) is 0.371. The second-order valence-electron chi connectivity index (χ2n) is 8.35. The van der Waals surface area contributed by atoms with Gasteiger partial charge in [0, 0.05) is 20.1 Å². The zero-order valence-corrected chi connectivity index (χ0v) is 20.4. The summed E-state index contributed by atoms with van der Waals surface area (Å²) in [5, 5.41) is 9.34. The van der Waals surface area contributed by atoms with E-state index in [2.05, 4.69) is 43.1 Å². The third-order valence-electron chi connectivity index (χ3n) is 5.12. The molecular formula is C25H31FN4O2S. The standard InChI is InChI=1S/C25H31FN4O2S/c1-5-19-8-12-22(13-9-19)32-16-23-27-28-25(30(23)14-18(2)3)33-17-24(31)29(4)15-20-6-10-21(26)11-7-20/h6-13,18H,5,14-17H2,1-4H3. The number of thioether (sulfide) groups is 1. The van der Waals surface area contributed by atoms with Gasteiger partial charge in [-0.1, -0.05) is 56.8 Å². The number of ether oxygens (including phenoxy) is 1. The highest BCUT2D eigenvalue weighted by Gasteiger charge is 2.17. The van der Waals surface area contributed by atoms with E-state index in [0.717, 1.165) is 30.1 Å². The first-order valence-corrected chi connectivity index (χ1v) is 12.1. The lowest BCUT2D eigenvalue weighted by molar-refractivity contribution is -0.127. The van der Waals surface area contributed by atoms with Crippen molar-refractivity contribution in [3.05, 3.63) is 71.3 Å². The molecule has 8 heteroatoms. The first-order chi connectivity index (χ1) is 15.9. The molecule has 3 aromatic rings. The van der Waals surface area contributed by atoms with E-state index in [1.54, 1.807) is 24.1 Å². The molecular weight excluding hydrogens is 439 g/mol. The summed E-state index contributed by atoms with van der Waals surface area (Å²) < 4.78 is 21.1. The number of carbonyl (C=O) groups is 1. The number of halogens is 1. The molecule has 0 fully saturated rings. The van der Waals surface area contributed by atoms with Gasteiger partial charge in [0.25, 0.3) is 0 Å². The average molecular weight is 471 g/mol. The monoisotopic (exact) mass is 470 g/mol. The highest BCUT2D eigenvalue weighted by Crippen LogP contribution is 2.21. The van der Waals surface area contributed by atoms with Gasteiger partial charge in [-0.05, 0) is 47.7 Å². The molecule has 3 rings (SSSR count). The van der Waals surface area contributed by atoms with Crippen LogP contribution in [0.2, 0.25) is 0 Å². The van der Waals surface area contributed by atoms with Gasteiger partial charge in [-0.2, -0.15) is 0 Å². The third kappa shape index (κ3) is 7.32. The fourth-order valence-corrected chi connectivity index (χ4v) is 4.15. The molecule has 0 saturated heterocycles. The summed E-state index contributed by atoms with van der Waals surface area (Å²) in [6, 6.07) is 14.2. The van der Waals surface area contributed by atoms with E-state index in [4.69, 9.17) is 4.74 Å². The van der Waals surface area contributed by atoms with Crippen molar-refractivity contribution >= 4 is 17.7 Å². The van der Waals surface area contributed by atoms with Gasteiger partial charge in [0.2, 0.25) is 5.91 Å². The zero-order chi connectivity index (χ0) is 23.8. The fraction of sp³-hybridized carbons (Fsp3) is 0.400. The maximum atomic E-state index is 13.1. The van der Waals surface area contributed by atoms with E-state index in [1.807, 2.05) is 16.7 Å². The first kappa shape index (κ1) is 24.8. The van der Waals surface area contributed by atoms with Crippen molar-refractivity contribution < 1.29 is 13.9 Å². The molecule has 0 N–H and O–H groups in total. The van der Waals surface area contributed by atoms with Crippen LogP contribution in [0.1, 0.15) is 37.7 Å². The number of hydrogen-bond acceptors (Lipinski definition) is 5. The predicted octanol–water partition coefficient (Wildman–Crippen LogP) is 4.97. The van der Waals surface area contributed by atoms with Gasteiger partial charge < -0.3 is 14.2 Å². The molecule has 0 aliphatic heterocycles. The topological polar surface area (TPSA) is 60.3 Å². The summed E-state index contributed by atoms with van der Waals surface area (Å²) in [6.45, 7) is 7.85. The average Bonchev–Trinajstić information content (AvgIpc) is 3.18. The van der Waals surface area contributed by atoms with Crippen molar-refractivity contribution in [2.45, 2.75) is 52.0 Å². The Morgan fingerprint density at radius 3 is 2.39 bits per heavy atom. The van der Waals surface area contributed by atoms with E-state index in [9.17, 15) is 9.18 Å². The molecule has 0 radical (unpaired) electrons. The van der Waals surface area contributed by atoms with Gasteiger partial charge >= 0.3 is 0 Å². The molecule has 33 heavy (non-hydrogen) atoms. The van der Waals surface area contributed by atoms with Crippen LogP contribution in [-0.2, 0) is 30.9 Å². The Balaban J connectivity index is 1.61. The Kier molecular flexibility index (Phi) is 8.88. The molecule has 6 nitrogen and oxygen atoms in total. The van der Waals surface area contributed by atoms with Gasteiger partial charge in [-0.15, -0.1) is 10.2 Å². The second kappa shape index (κ2) is 11.8. The predicted molar refractivity (Wildman–Crippen MR) is 129 cm³/mol. The van der Waals surface area contributed by atoms with E-state index >= 15 is 0 Å². The Hall–Kier alpha value is -2.87. The van der Waals surface area contributed by atoms with Gasteiger partial charge in [0.05, 0.1) is 5.75 Å². The number of benzene rings is 2. The smallest absolute Gasteiger partial charge is 0.233 e. The van der Waals surface area contributed by atoms with Gasteiger partial charge in [-0.3, -0.25) is 4.79 Å². The number of hydrogen-bond donors (Lipinski definition) is 0. The van der Waals surface area contributed by atoms with Crippen LogP contribution in [0.3, 0.4) is 0 Å². The Labute approximate surface area is 199 Å². The minimum Gasteiger partial charge on any atom is -0.486 e. The molecule has 0 saturated carbocycles. The SMILES string of the molecule is CCc1ccc(OCc2nnc(SCC(=O)N(C)Cc3ccc(F)cc3)n2CC(C)C)cc1. The summed E-state index contributed by atoms with van der Waals surface area (Å²) in [5.41, 5.74) is 2.14. The number of aryl methyl sites for hydroxylation is 1. The molecule has 1 aromatic heterocycles. The first-order valence-electron chi connectivity index (χ1n) is 11.1. The van der Waals surface area contributed by atoms with Crippen LogP contribution in [0.25, 0.3) is 0 Å². The maximum absolute atomic E-state index is 13.1. The molecule has 0 unspecified atom stereocenters. The van der Waals surface area contributed by atoms with Crippen LogP contribution in [-0.4, -0.2) is 38.4 Å². The van der Waals surface area contributed by atoms with Crippen molar-refractivity contribution in [1.82, 2.24) is 19.7 Å². The van der Waals surface area contributed by atoms with E-state index < -0.39 is 0 Å². The minimum absolute atomic E-state index is 0.0303. The van der Waals surface area contributed by atoms with Crippen LogP contribution >= 0.6 is 11.8 Å². The number of rotatable bonds is 11. The van der Waals surface area contributed by atoms with Crippen LogP contribution < -0.4 is 4.74 Å². The van der Waals surface area contributed by atoms with Crippen molar-refractivity contribution in [1.29, 1.82) is 0 Å². The summed E-state index contributed by atoms with van der Waals surface area (Å²) in [7, 11) is 1.74. The van der Waals surface area contributed by atoms with Gasteiger partial charge in [0.1, 0.15) is 18.2 Å². The normalized spacial score (nSPS) is 11.1. The van der Waals surface area contributed by atoms with Gasteiger partial charge in [0.15, 0.2) is 11.0 Å². The van der Waals surface area contributed by atoms with Crippen LogP contribution in [0.4, 0.5) is 4.39 Å². The second-order valence-corrected chi connectivity index (χ2v) is 9.30. The maximum Gasteiger partial charge on any atom is 0.233 e. The van der Waals surface area contributed by atoms with E-state index in [-0.39, 0.29) is 17.5 Å². The largest absolute Gasteiger partial charge is 0.486 e. The molecule has 0 aliphatic carbocycles. The summed E-state index contributed by atoms with van der Waals surface area (Å²) >= 11 is 1.37. The molecule has 2 aromatic carbocycles. The summed E-state index contributed by atoms with van der Waals surface area (Å²) in [6.07, 6.45) is 0.987. The van der Waals surface area contributed by atoms with Crippen molar-refractivity contribution in [3.8, 4) is 5.75 Å². The van der Waals surface area contributed by atoms with E-state index in [0.29, 0.717) is 24.2 Å². The molecule has 1 amide bonds. The Morgan fingerprint density at radius 2 is 1.76 bits per heavy atom. The van der Waals surface area contributed by atoms with Crippen LogP contribution in [0.15, 0.2) is 53.7 Å². The molecule has 176 valence electrons. The van der Waals surface area contributed by atoms with Crippen molar-refractivity contribution in [2.24, 2.45) is 5.92 Å².